The molecule has 0 fully saturated rings. The van der Waals surface area contributed by atoms with E-state index < -0.39 is 0 Å². The molecule has 54 heavy (non-hydrogen) atoms. The first-order chi connectivity index (χ1) is 25.1. The maximum atomic E-state index is 11.6. The molecule has 0 bridgehead atoms. The van der Waals surface area contributed by atoms with Crippen molar-refractivity contribution in [1.29, 1.82) is 0 Å². The molecule has 6 rings (SSSR count). The van der Waals surface area contributed by atoms with Gasteiger partial charge in [0, 0.05) is 45.8 Å². The van der Waals surface area contributed by atoms with Crippen LogP contribution in [0.25, 0.3) is 32.7 Å². The summed E-state index contributed by atoms with van der Waals surface area (Å²) in [6.45, 7) is 25.9. The number of aromatic hydroxyl groups is 2. The third kappa shape index (κ3) is 7.71. The van der Waals surface area contributed by atoms with Crippen LogP contribution in [0, 0.1) is 0 Å². The summed E-state index contributed by atoms with van der Waals surface area (Å²) >= 11 is 0. The zero-order chi connectivity index (χ0) is 39.4. The van der Waals surface area contributed by atoms with E-state index in [1.165, 1.54) is 0 Å². The van der Waals surface area contributed by atoms with Crippen LogP contribution in [0.5, 0.6) is 11.5 Å². The van der Waals surface area contributed by atoms with Crippen LogP contribution in [0.3, 0.4) is 0 Å². The van der Waals surface area contributed by atoms with Gasteiger partial charge < -0.3 is 10.2 Å². The van der Waals surface area contributed by atoms with Gasteiger partial charge in [-0.1, -0.05) is 156 Å². The van der Waals surface area contributed by atoms with Gasteiger partial charge in [-0.3, -0.25) is 9.98 Å². The van der Waals surface area contributed by atoms with Crippen molar-refractivity contribution in [3.8, 4) is 22.6 Å². The highest BCUT2D eigenvalue weighted by Crippen LogP contribution is 2.46. The van der Waals surface area contributed by atoms with E-state index in [2.05, 4.69) is 180 Å². The average Bonchev–Trinajstić information content (AvgIpc) is 3.08. The highest BCUT2D eigenvalue weighted by Gasteiger charge is 2.26. The van der Waals surface area contributed by atoms with Crippen LogP contribution in [-0.4, -0.2) is 22.6 Å². The van der Waals surface area contributed by atoms with Crippen molar-refractivity contribution < 1.29 is 10.2 Å². The van der Waals surface area contributed by atoms with Gasteiger partial charge in [-0.15, -0.1) is 0 Å². The lowest BCUT2D eigenvalue weighted by atomic mass is 9.79. The fourth-order valence-electron chi connectivity index (χ4n) is 7.06. The predicted molar refractivity (Wildman–Crippen MR) is 232 cm³/mol. The van der Waals surface area contributed by atoms with Gasteiger partial charge in [0.1, 0.15) is 11.5 Å². The van der Waals surface area contributed by atoms with E-state index in [-0.39, 0.29) is 33.2 Å². The van der Waals surface area contributed by atoms with Crippen LogP contribution >= 0.6 is 0 Å². The lowest BCUT2D eigenvalue weighted by molar-refractivity contribution is 0.443. The summed E-state index contributed by atoms with van der Waals surface area (Å²) in [5, 5.41) is 27.6. The Hall–Kier alpha value is -5.22. The minimum Gasteiger partial charge on any atom is -0.507 e. The Morgan fingerprint density at radius 1 is 0.426 bits per heavy atom. The zero-order valence-electron chi connectivity index (χ0n) is 34.2. The molecule has 6 aromatic rings. The number of phenols is 2. The largest absolute Gasteiger partial charge is 0.507 e. The van der Waals surface area contributed by atoms with Crippen LogP contribution in [0.1, 0.15) is 116 Å². The van der Waals surface area contributed by atoms with Gasteiger partial charge in [0.15, 0.2) is 0 Å². The molecule has 4 heteroatoms. The number of hydrogen-bond donors (Lipinski definition) is 2. The molecule has 6 aromatic carbocycles. The first-order valence-electron chi connectivity index (χ1n) is 19.0. The number of fused-ring (bicyclic) bond motifs is 2. The fourth-order valence-corrected chi connectivity index (χ4v) is 7.06. The van der Waals surface area contributed by atoms with Crippen LogP contribution in [-0.2, 0) is 21.7 Å². The Morgan fingerprint density at radius 3 is 1.11 bits per heavy atom. The van der Waals surface area contributed by atoms with Gasteiger partial charge >= 0.3 is 0 Å². The van der Waals surface area contributed by atoms with Crippen LogP contribution in [0.2, 0.25) is 0 Å². The molecule has 4 nitrogen and oxygen atoms in total. The fraction of sp³-hybridized carbons (Fsp3) is 0.320. The van der Waals surface area contributed by atoms with E-state index in [1.54, 1.807) is 0 Å². The number of nitrogens with zero attached hydrogens (tertiary/aromatic N) is 2. The van der Waals surface area contributed by atoms with Gasteiger partial charge in [-0.05, 0) is 78.6 Å². The summed E-state index contributed by atoms with van der Waals surface area (Å²) < 4.78 is 0. The van der Waals surface area contributed by atoms with Crippen molar-refractivity contribution >= 4 is 45.3 Å². The van der Waals surface area contributed by atoms with E-state index >= 15 is 0 Å². The first-order valence-corrected chi connectivity index (χ1v) is 19.0. The molecule has 0 saturated heterocycles. The molecule has 0 heterocycles. The molecular weight excluding hydrogens is 661 g/mol. The van der Waals surface area contributed by atoms with Gasteiger partial charge in [0.25, 0.3) is 0 Å². The number of benzene rings is 6. The number of hydrogen-bond acceptors (Lipinski definition) is 4. The summed E-state index contributed by atoms with van der Waals surface area (Å²) in [6.07, 6.45) is 3.62. The molecule has 2 N–H and O–H groups in total. The lowest BCUT2D eigenvalue weighted by Crippen LogP contribution is -2.17. The lowest BCUT2D eigenvalue weighted by Gasteiger charge is -2.27. The Morgan fingerprint density at radius 2 is 0.778 bits per heavy atom. The SMILES string of the molecule is CC(C)(C)c1cc(/C=N/c2ccc3ccccc3c2-c2c(/N=C/c3cc(C(C)(C)C)cc(C(C)(C)C)c3O)ccc3ccccc23)c(O)c(C(C)(C)C)c1. The summed E-state index contributed by atoms with van der Waals surface area (Å²) in [5.41, 5.74) is 8.16. The average molecular weight is 717 g/mol. The molecule has 0 atom stereocenters. The number of rotatable bonds is 5. The molecule has 0 aromatic heterocycles. The second-order valence-corrected chi connectivity index (χ2v) is 18.8. The van der Waals surface area contributed by atoms with Gasteiger partial charge in [0.05, 0.1) is 11.4 Å². The van der Waals surface area contributed by atoms with Gasteiger partial charge in [0.2, 0.25) is 0 Å². The third-order valence-electron chi connectivity index (χ3n) is 10.4. The second-order valence-electron chi connectivity index (χ2n) is 18.8. The highest BCUT2D eigenvalue weighted by atomic mass is 16.3. The molecular formula is C50H56N2O2. The first kappa shape index (κ1) is 38.5. The maximum absolute atomic E-state index is 11.6. The van der Waals surface area contributed by atoms with E-state index in [0.29, 0.717) is 11.1 Å². The molecule has 0 aliphatic carbocycles. The van der Waals surface area contributed by atoms with Crippen molar-refractivity contribution in [3.05, 3.63) is 130 Å². The summed E-state index contributed by atoms with van der Waals surface area (Å²) in [4.78, 5) is 10.4. The smallest absolute Gasteiger partial charge is 0.128 e. The summed E-state index contributed by atoms with van der Waals surface area (Å²) in [6, 6.07) is 33.5. The third-order valence-corrected chi connectivity index (χ3v) is 10.4. The molecule has 0 spiro atoms. The van der Waals surface area contributed by atoms with Gasteiger partial charge in [-0.2, -0.15) is 0 Å². The van der Waals surface area contributed by atoms with Crippen LogP contribution in [0.4, 0.5) is 11.4 Å². The molecule has 0 aliphatic heterocycles. The summed E-state index contributed by atoms with van der Waals surface area (Å²) in [7, 11) is 0. The Bertz CT molecular complexity index is 2270. The normalized spacial score (nSPS) is 13.2. The topological polar surface area (TPSA) is 65.2 Å². The van der Waals surface area contributed by atoms with E-state index in [1.807, 2.05) is 12.4 Å². The minimum absolute atomic E-state index is 0.116. The molecule has 278 valence electrons. The molecule has 0 unspecified atom stereocenters. The Labute approximate surface area is 322 Å². The monoisotopic (exact) mass is 716 g/mol. The molecule has 0 aliphatic rings. The van der Waals surface area contributed by atoms with E-state index in [4.69, 9.17) is 9.98 Å². The zero-order valence-corrected chi connectivity index (χ0v) is 34.2. The van der Waals surface area contributed by atoms with Crippen molar-refractivity contribution in [2.24, 2.45) is 9.98 Å². The summed E-state index contributed by atoms with van der Waals surface area (Å²) in [5.74, 6) is 0.507. The Kier molecular flexibility index (Phi) is 9.90. The predicted octanol–water partition coefficient (Wildman–Crippen LogP) is 13.8. The van der Waals surface area contributed by atoms with Crippen LogP contribution in [0.15, 0.2) is 107 Å². The standard InChI is InChI=1S/C50H56N2O2/c1-47(2,3)35-25-33(45(53)39(27-35)49(7,8)9)29-51-41-23-21-31-17-13-15-19-37(31)43(41)44-38-20-16-14-18-32(38)22-24-42(44)52-30-34-26-36(48(4,5)6)28-40(46(34)54)50(10,11)12/h13-30,53-54H,1-12H3/b51-29+,52-30+. The quantitative estimate of drug-likeness (QED) is 0.174. The van der Waals surface area contributed by atoms with Crippen molar-refractivity contribution in [2.75, 3.05) is 0 Å². The molecule has 0 saturated carbocycles. The van der Waals surface area contributed by atoms with Crippen LogP contribution < -0.4 is 0 Å². The molecule has 0 radical (unpaired) electrons. The maximum Gasteiger partial charge on any atom is 0.128 e. The van der Waals surface area contributed by atoms with Crippen molar-refractivity contribution in [3.63, 3.8) is 0 Å². The Balaban J connectivity index is 1.62. The number of aliphatic imine (C=N–C) groups is 2. The minimum atomic E-state index is -0.258. The van der Waals surface area contributed by atoms with Crippen molar-refractivity contribution in [2.45, 2.75) is 105 Å². The second kappa shape index (κ2) is 13.9. The van der Waals surface area contributed by atoms with Gasteiger partial charge in [-0.25, -0.2) is 0 Å². The van der Waals surface area contributed by atoms with Crippen molar-refractivity contribution in [1.82, 2.24) is 0 Å². The highest BCUT2D eigenvalue weighted by molar-refractivity contribution is 6.13. The van der Waals surface area contributed by atoms with E-state index in [0.717, 1.165) is 66.3 Å². The van der Waals surface area contributed by atoms with E-state index in [9.17, 15) is 10.2 Å². The number of phenolic OH excluding ortho intramolecular Hbond substituents is 2. The molecule has 0 amide bonds.